The molecule has 146 valence electrons. The Balaban J connectivity index is 1.60. The van der Waals surface area contributed by atoms with Gasteiger partial charge in [0.2, 0.25) is 0 Å². The lowest BCUT2D eigenvalue weighted by Gasteiger charge is -2.38. The second-order valence-electron chi connectivity index (χ2n) is 7.16. The van der Waals surface area contributed by atoms with Gasteiger partial charge in [-0.25, -0.2) is 8.78 Å². The maximum atomic E-state index is 14.3. The first-order chi connectivity index (χ1) is 12.7. The standard InChI is InChI=1S/C21H22F5N/c22-20(23)12-13-27(14-17-7-9-18(10-8-17)21(24,25)26)15-19(20)11-6-16-4-2-1-3-5-16/h1-5,7-10,19H,6,11-15H2. The lowest BCUT2D eigenvalue weighted by atomic mass is 9.88. The molecule has 2 aromatic rings. The fraction of sp³-hybridized carbons (Fsp3) is 0.429. The third-order valence-corrected chi connectivity index (χ3v) is 5.15. The van der Waals surface area contributed by atoms with Crippen molar-refractivity contribution in [3.63, 3.8) is 0 Å². The minimum atomic E-state index is -4.37. The third kappa shape index (κ3) is 5.28. The van der Waals surface area contributed by atoms with Crippen LogP contribution in [0.5, 0.6) is 0 Å². The van der Waals surface area contributed by atoms with Crippen molar-refractivity contribution in [3.8, 4) is 0 Å². The van der Waals surface area contributed by atoms with Crippen LogP contribution in [-0.2, 0) is 19.1 Å². The van der Waals surface area contributed by atoms with E-state index in [4.69, 9.17) is 0 Å². The average Bonchev–Trinajstić information content (AvgIpc) is 2.63. The molecule has 0 amide bonds. The van der Waals surface area contributed by atoms with Crippen molar-refractivity contribution >= 4 is 0 Å². The normalized spacial score (nSPS) is 20.6. The predicted molar refractivity (Wildman–Crippen MR) is 94.5 cm³/mol. The van der Waals surface area contributed by atoms with Gasteiger partial charge in [0.25, 0.3) is 5.92 Å². The van der Waals surface area contributed by atoms with Gasteiger partial charge in [-0.1, -0.05) is 42.5 Å². The fourth-order valence-corrected chi connectivity index (χ4v) is 3.54. The molecule has 1 saturated heterocycles. The molecule has 0 aliphatic carbocycles. The molecule has 1 nitrogen and oxygen atoms in total. The van der Waals surface area contributed by atoms with Crippen LogP contribution in [0.1, 0.15) is 29.5 Å². The zero-order valence-electron chi connectivity index (χ0n) is 14.9. The molecule has 1 aliphatic rings. The van der Waals surface area contributed by atoms with Crippen LogP contribution < -0.4 is 0 Å². The van der Waals surface area contributed by atoms with E-state index in [1.54, 1.807) is 0 Å². The summed E-state index contributed by atoms with van der Waals surface area (Å²) in [6, 6.07) is 14.5. The molecule has 0 aromatic heterocycles. The maximum absolute atomic E-state index is 14.3. The minimum absolute atomic E-state index is 0.215. The van der Waals surface area contributed by atoms with Crippen molar-refractivity contribution in [1.29, 1.82) is 0 Å². The Labute approximate surface area is 155 Å². The van der Waals surface area contributed by atoms with Gasteiger partial charge in [-0.3, -0.25) is 4.90 Å². The lowest BCUT2D eigenvalue weighted by molar-refractivity contribution is -0.137. The van der Waals surface area contributed by atoms with Gasteiger partial charge in [-0.2, -0.15) is 13.2 Å². The van der Waals surface area contributed by atoms with Crippen LogP contribution >= 0.6 is 0 Å². The number of rotatable bonds is 5. The predicted octanol–water partition coefficient (Wildman–Crippen LogP) is 5.80. The minimum Gasteiger partial charge on any atom is -0.298 e. The Morgan fingerprint density at radius 3 is 2.22 bits per heavy atom. The number of likely N-dealkylation sites (tertiary alicyclic amines) is 1. The summed E-state index contributed by atoms with van der Waals surface area (Å²) < 4.78 is 66.6. The highest BCUT2D eigenvalue weighted by Gasteiger charge is 2.43. The smallest absolute Gasteiger partial charge is 0.298 e. The van der Waals surface area contributed by atoms with Gasteiger partial charge in [-0.05, 0) is 36.1 Å². The topological polar surface area (TPSA) is 3.24 Å². The number of nitrogens with zero attached hydrogens (tertiary/aromatic N) is 1. The molecular weight excluding hydrogens is 361 g/mol. The van der Waals surface area contributed by atoms with Gasteiger partial charge in [0.05, 0.1) is 5.56 Å². The van der Waals surface area contributed by atoms with E-state index >= 15 is 0 Å². The molecule has 0 radical (unpaired) electrons. The van der Waals surface area contributed by atoms with Crippen molar-refractivity contribution in [3.05, 3.63) is 71.3 Å². The molecule has 6 heteroatoms. The van der Waals surface area contributed by atoms with Crippen LogP contribution in [0, 0.1) is 5.92 Å². The van der Waals surface area contributed by atoms with E-state index in [9.17, 15) is 22.0 Å². The highest BCUT2D eigenvalue weighted by Crippen LogP contribution is 2.37. The van der Waals surface area contributed by atoms with E-state index in [1.807, 2.05) is 35.2 Å². The van der Waals surface area contributed by atoms with Gasteiger partial charge < -0.3 is 0 Å². The van der Waals surface area contributed by atoms with E-state index in [0.29, 0.717) is 24.9 Å². The lowest BCUT2D eigenvalue weighted by Crippen LogP contribution is -2.46. The number of alkyl halides is 5. The van der Waals surface area contributed by atoms with E-state index in [-0.39, 0.29) is 19.5 Å². The van der Waals surface area contributed by atoms with Crippen LogP contribution in [-0.4, -0.2) is 23.9 Å². The molecule has 3 rings (SSSR count). The Kier molecular flexibility index (Phi) is 5.84. The maximum Gasteiger partial charge on any atom is 0.416 e. The van der Waals surface area contributed by atoms with Crippen LogP contribution in [0.3, 0.4) is 0 Å². The summed E-state index contributed by atoms with van der Waals surface area (Å²) in [5.41, 5.74) is 1.04. The number of piperidine rings is 1. The summed E-state index contributed by atoms with van der Waals surface area (Å²) in [5.74, 6) is -3.45. The number of halogens is 5. The van der Waals surface area contributed by atoms with Crippen LogP contribution in [0.25, 0.3) is 0 Å². The number of hydrogen-bond acceptors (Lipinski definition) is 1. The first-order valence-corrected chi connectivity index (χ1v) is 9.04. The zero-order chi connectivity index (χ0) is 19.5. The molecular formula is C21H22F5N. The monoisotopic (exact) mass is 383 g/mol. The SMILES string of the molecule is FC(F)(F)c1ccc(CN2CCC(F)(F)C(CCc3ccccc3)C2)cc1. The molecule has 1 unspecified atom stereocenters. The molecule has 0 bridgehead atoms. The number of hydrogen-bond donors (Lipinski definition) is 0. The van der Waals surface area contributed by atoms with Crippen molar-refractivity contribution in [2.24, 2.45) is 5.92 Å². The second-order valence-corrected chi connectivity index (χ2v) is 7.16. The van der Waals surface area contributed by atoms with Crippen molar-refractivity contribution < 1.29 is 22.0 Å². The Hall–Kier alpha value is -1.95. The van der Waals surface area contributed by atoms with Gasteiger partial charge in [0.1, 0.15) is 0 Å². The van der Waals surface area contributed by atoms with Gasteiger partial charge in [0.15, 0.2) is 0 Å². The third-order valence-electron chi connectivity index (χ3n) is 5.15. The van der Waals surface area contributed by atoms with E-state index in [0.717, 1.165) is 17.7 Å². The first kappa shape index (κ1) is 19.8. The van der Waals surface area contributed by atoms with Crippen molar-refractivity contribution in [2.75, 3.05) is 13.1 Å². The summed E-state index contributed by atoms with van der Waals surface area (Å²) in [5, 5.41) is 0. The summed E-state index contributed by atoms with van der Waals surface area (Å²) in [6.45, 7) is 0.882. The molecule has 0 saturated carbocycles. The largest absolute Gasteiger partial charge is 0.416 e. The molecule has 1 heterocycles. The summed E-state index contributed by atoms with van der Waals surface area (Å²) in [7, 11) is 0. The number of aryl methyl sites for hydroxylation is 1. The summed E-state index contributed by atoms with van der Waals surface area (Å²) in [6.07, 6.45) is -3.60. The Morgan fingerprint density at radius 1 is 0.926 bits per heavy atom. The molecule has 1 atom stereocenters. The van der Waals surface area contributed by atoms with Gasteiger partial charge in [0, 0.05) is 32.0 Å². The average molecular weight is 383 g/mol. The number of benzene rings is 2. The molecule has 1 aliphatic heterocycles. The van der Waals surface area contributed by atoms with Crippen LogP contribution in [0.15, 0.2) is 54.6 Å². The molecule has 2 aromatic carbocycles. The molecule has 0 N–H and O–H groups in total. The van der Waals surface area contributed by atoms with Gasteiger partial charge in [-0.15, -0.1) is 0 Å². The molecule has 27 heavy (non-hydrogen) atoms. The van der Waals surface area contributed by atoms with Crippen molar-refractivity contribution in [1.82, 2.24) is 4.90 Å². The summed E-state index contributed by atoms with van der Waals surface area (Å²) >= 11 is 0. The van der Waals surface area contributed by atoms with Crippen molar-refractivity contribution in [2.45, 2.75) is 37.9 Å². The highest BCUT2D eigenvalue weighted by molar-refractivity contribution is 5.24. The van der Waals surface area contributed by atoms with Gasteiger partial charge >= 0.3 is 6.18 Å². The second kappa shape index (κ2) is 7.97. The first-order valence-electron chi connectivity index (χ1n) is 9.04. The van der Waals surface area contributed by atoms with Crippen LogP contribution in [0.4, 0.5) is 22.0 Å². The van der Waals surface area contributed by atoms with Crippen LogP contribution in [0.2, 0.25) is 0 Å². The highest BCUT2D eigenvalue weighted by atomic mass is 19.4. The van der Waals surface area contributed by atoms with E-state index in [1.165, 1.54) is 12.1 Å². The van der Waals surface area contributed by atoms with E-state index in [2.05, 4.69) is 0 Å². The quantitative estimate of drug-likeness (QED) is 0.590. The molecule has 0 spiro atoms. The molecule has 1 fully saturated rings. The summed E-state index contributed by atoms with van der Waals surface area (Å²) in [4.78, 5) is 1.91. The van der Waals surface area contributed by atoms with E-state index < -0.39 is 23.6 Å². The Morgan fingerprint density at radius 2 is 1.59 bits per heavy atom. The zero-order valence-corrected chi connectivity index (χ0v) is 14.9. The fourth-order valence-electron chi connectivity index (χ4n) is 3.54. The Bertz CT molecular complexity index is 724.